The number of aliphatic carboxylic acids is 1. The van der Waals surface area contributed by atoms with Crippen LogP contribution in [0.4, 0.5) is 0 Å². The molecule has 0 bridgehead atoms. The van der Waals surface area contributed by atoms with Gasteiger partial charge in [-0.2, -0.15) is 0 Å². The maximum absolute atomic E-state index is 10.5. The Morgan fingerprint density at radius 1 is 1.60 bits per heavy atom. The van der Waals surface area contributed by atoms with Crippen molar-refractivity contribution in [2.24, 2.45) is 0 Å². The summed E-state index contributed by atoms with van der Waals surface area (Å²) >= 11 is 9.33. The van der Waals surface area contributed by atoms with Crippen molar-refractivity contribution >= 4 is 33.5 Å². The Kier molecular flexibility index (Phi) is 4.57. The highest BCUT2D eigenvalue weighted by molar-refractivity contribution is 9.10. The Morgan fingerprint density at radius 3 is 2.73 bits per heavy atom. The maximum Gasteiger partial charge on any atom is 0.307 e. The summed E-state index contributed by atoms with van der Waals surface area (Å²) < 4.78 is 5.75. The van der Waals surface area contributed by atoms with E-state index in [-0.39, 0.29) is 6.42 Å². The van der Waals surface area contributed by atoms with Crippen molar-refractivity contribution in [2.75, 3.05) is 7.11 Å². The summed E-state index contributed by atoms with van der Waals surface area (Å²) in [5.41, 5.74) is 1.49. The van der Waals surface area contributed by atoms with Gasteiger partial charge in [-0.1, -0.05) is 27.5 Å². The van der Waals surface area contributed by atoms with Crippen LogP contribution < -0.4 is 0 Å². The fourth-order valence-electron chi connectivity index (χ4n) is 1.21. The van der Waals surface area contributed by atoms with Crippen molar-refractivity contribution in [3.63, 3.8) is 0 Å². The lowest BCUT2D eigenvalue weighted by atomic mass is 10.1. The molecule has 0 radical (unpaired) electrons. The molecule has 15 heavy (non-hydrogen) atoms. The van der Waals surface area contributed by atoms with E-state index in [2.05, 4.69) is 15.9 Å². The molecule has 0 saturated carbocycles. The molecular weight excluding hydrogens is 283 g/mol. The highest BCUT2D eigenvalue weighted by Gasteiger charge is 2.09. The van der Waals surface area contributed by atoms with Crippen molar-refractivity contribution in [3.8, 4) is 0 Å². The minimum absolute atomic E-state index is 0.0361. The Hall–Kier alpha value is -0.580. The smallest absolute Gasteiger partial charge is 0.307 e. The third-order valence-electron chi connectivity index (χ3n) is 1.84. The lowest BCUT2D eigenvalue weighted by Gasteiger charge is -2.08. The maximum atomic E-state index is 10.5. The number of rotatable bonds is 4. The number of methoxy groups -OCH3 is 1. The van der Waals surface area contributed by atoms with E-state index in [9.17, 15) is 4.79 Å². The zero-order chi connectivity index (χ0) is 11.4. The van der Waals surface area contributed by atoms with Gasteiger partial charge in [0.2, 0.25) is 0 Å². The molecule has 0 atom stereocenters. The minimum atomic E-state index is -0.877. The number of carbonyl (C=O) groups is 1. The first-order valence-electron chi connectivity index (χ1n) is 4.22. The van der Waals surface area contributed by atoms with E-state index >= 15 is 0 Å². The van der Waals surface area contributed by atoms with Crippen LogP contribution in [-0.4, -0.2) is 18.2 Å². The van der Waals surface area contributed by atoms with Gasteiger partial charge in [0.15, 0.2) is 0 Å². The van der Waals surface area contributed by atoms with Gasteiger partial charge in [-0.3, -0.25) is 4.79 Å². The number of hydrogen-bond donors (Lipinski definition) is 1. The molecule has 1 aromatic rings. The molecular formula is C10H10BrClO3. The van der Waals surface area contributed by atoms with E-state index in [4.69, 9.17) is 21.4 Å². The number of hydrogen-bond acceptors (Lipinski definition) is 2. The first-order chi connectivity index (χ1) is 7.04. The lowest BCUT2D eigenvalue weighted by Crippen LogP contribution is -2.01. The number of halogens is 2. The molecule has 0 spiro atoms. The molecule has 0 unspecified atom stereocenters. The van der Waals surface area contributed by atoms with Crippen LogP contribution in [0.3, 0.4) is 0 Å². The number of carboxylic acid groups (broad SMARTS) is 1. The van der Waals surface area contributed by atoms with Crippen molar-refractivity contribution in [3.05, 3.63) is 32.8 Å². The molecule has 0 amide bonds. The van der Waals surface area contributed by atoms with E-state index in [1.165, 1.54) is 0 Å². The largest absolute Gasteiger partial charge is 0.481 e. The summed E-state index contributed by atoms with van der Waals surface area (Å²) in [4.78, 5) is 10.5. The van der Waals surface area contributed by atoms with Gasteiger partial charge in [0.05, 0.1) is 13.0 Å². The molecule has 1 rings (SSSR count). The molecule has 82 valence electrons. The highest BCUT2D eigenvalue weighted by atomic mass is 79.9. The molecule has 0 aliphatic rings. The monoisotopic (exact) mass is 292 g/mol. The molecule has 0 aromatic heterocycles. The molecule has 0 fully saturated rings. The lowest BCUT2D eigenvalue weighted by molar-refractivity contribution is -0.136. The van der Waals surface area contributed by atoms with Gasteiger partial charge >= 0.3 is 5.97 Å². The van der Waals surface area contributed by atoms with E-state index in [0.717, 1.165) is 10.0 Å². The molecule has 5 heteroatoms. The van der Waals surface area contributed by atoms with Gasteiger partial charge < -0.3 is 9.84 Å². The molecule has 0 saturated heterocycles. The molecule has 1 N–H and O–H groups in total. The second-order valence-corrected chi connectivity index (χ2v) is 4.30. The third-order valence-corrected chi connectivity index (χ3v) is 2.89. The van der Waals surface area contributed by atoms with Gasteiger partial charge in [0.25, 0.3) is 0 Å². The van der Waals surface area contributed by atoms with Crippen LogP contribution >= 0.6 is 27.5 Å². The standard InChI is InChI=1S/C10H10BrClO3/c1-15-5-7-8(11)2-6(3-9(7)12)4-10(13)14/h2-3H,4-5H2,1H3,(H,13,14). The van der Waals surface area contributed by atoms with Gasteiger partial charge in [-0.15, -0.1) is 0 Å². The Bertz CT molecular complexity index is 356. The Morgan fingerprint density at radius 2 is 2.27 bits per heavy atom. The summed E-state index contributed by atoms with van der Waals surface area (Å²) in [5, 5.41) is 9.15. The van der Waals surface area contributed by atoms with Crippen molar-refractivity contribution in [1.82, 2.24) is 0 Å². The molecule has 0 heterocycles. The van der Waals surface area contributed by atoms with Crippen molar-refractivity contribution < 1.29 is 14.6 Å². The summed E-state index contributed by atoms with van der Waals surface area (Å²) in [6.07, 6.45) is -0.0361. The van der Waals surface area contributed by atoms with Crippen molar-refractivity contribution in [2.45, 2.75) is 13.0 Å². The molecule has 0 aliphatic heterocycles. The van der Waals surface area contributed by atoms with Gasteiger partial charge in [0, 0.05) is 22.2 Å². The normalized spacial score (nSPS) is 10.3. The van der Waals surface area contributed by atoms with Crippen LogP contribution in [0, 0.1) is 0 Å². The third kappa shape index (κ3) is 3.48. The average Bonchev–Trinajstić information content (AvgIpc) is 2.10. The second kappa shape index (κ2) is 5.49. The van der Waals surface area contributed by atoms with E-state index in [1.807, 2.05) is 0 Å². The highest BCUT2D eigenvalue weighted by Crippen LogP contribution is 2.27. The summed E-state index contributed by atoms with van der Waals surface area (Å²) in [6, 6.07) is 3.39. The number of benzene rings is 1. The minimum Gasteiger partial charge on any atom is -0.481 e. The first-order valence-corrected chi connectivity index (χ1v) is 5.39. The van der Waals surface area contributed by atoms with Crippen LogP contribution in [0.15, 0.2) is 16.6 Å². The van der Waals surface area contributed by atoms with Crippen molar-refractivity contribution in [1.29, 1.82) is 0 Å². The predicted molar refractivity (Wildman–Crippen MR) is 61.2 cm³/mol. The zero-order valence-corrected chi connectivity index (χ0v) is 10.4. The average molecular weight is 294 g/mol. The SMILES string of the molecule is COCc1c(Cl)cc(CC(=O)O)cc1Br. The van der Waals surface area contributed by atoms with E-state index < -0.39 is 5.97 Å². The summed E-state index contributed by atoms with van der Waals surface area (Å²) in [5.74, 6) is -0.877. The molecule has 0 aliphatic carbocycles. The van der Waals surface area contributed by atoms with Crippen LogP contribution in [0.25, 0.3) is 0 Å². The van der Waals surface area contributed by atoms with Crippen LogP contribution in [0.2, 0.25) is 5.02 Å². The van der Waals surface area contributed by atoms with Crippen LogP contribution in [0.1, 0.15) is 11.1 Å². The molecule has 3 nitrogen and oxygen atoms in total. The van der Waals surface area contributed by atoms with E-state index in [1.54, 1.807) is 19.2 Å². The quantitative estimate of drug-likeness (QED) is 0.928. The Balaban J connectivity index is 3.02. The predicted octanol–water partition coefficient (Wildman–Crippen LogP) is 2.88. The molecule has 1 aromatic carbocycles. The second-order valence-electron chi connectivity index (χ2n) is 3.04. The van der Waals surface area contributed by atoms with Gasteiger partial charge in [-0.05, 0) is 17.7 Å². The van der Waals surface area contributed by atoms with E-state index in [0.29, 0.717) is 17.2 Å². The summed E-state index contributed by atoms with van der Waals surface area (Å²) in [6.45, 7) is 0.396. The number of ether oxygens (including phenoxy) is 1. The zero-order valence-electron chi connectivity index (χ0n) is 8.09. The first kappa shape index (κ1) is 12.5. The fraction of sp³-hybridized carbons (Fsp3) is 0.300. The van der Waals surface area contributed by atoms with Crippen LogP contribution in [-0.2, 0) is 22.6 Å². The Labute approximate surface area is 101 Å². The summed E-state index contributed by atoms with van der Waals surface area (Å²) in [7, 11) is 1.58. The fourth-order valence-corrected chi connectivity index (χ4v) is 2.25. The van der Waals surface area contributed by atoms with Crippen LogP contribution in [0.5, 0.6) is 0 Å². The topological polar surface area (TPSA) is 46.5 Å². The van der Waals surface area contributed by atoms with Gasteiger partial charge in [0.1, 0.15) is 0 Å². The van der Waals surface area contributed by atoms with Gasteiger partial charge in [-0.25, -0.2) is 0 Å². The number of carboxylic acids is 1.